The third-order valence-electron chi connectivity index (χ3n) is 14.3. The van der Waals surface area contributed by atoms with Gasteiger partial charge in [0.05, 0.1) is 23.5 Å². The van der Waals surface area contributed by atoms with E-state index in [-0.39, 0.29) is 55.1 Å². The fourth-order valence-corrected chi connectivity index (χ4v) is 10.7. The fraction of sp³-hybridized carbons (Fsp3) is 0.451. The van der Waals surface area contributed by atoms with Gasteiger partial charge in [-0.15, -0.1) is 0 Å². The Morgan fingerprint density at radius 2 is 1.47 bits per heavy atom. The standard InChI is InChI=1S/C51H61N9O8/c1-30-25-43(62)55-49(66)46(30)60-39-20-17-33(27-41(39)57(2)51(60)68)26-31-13-15-32(16-14-31)28-44(63)58-24-23-36-18-21-40(59(36)50(67)37(52)29-58)48(65)54-38(19-22-42(53)61)47(64)56-45(34-9-5-3-6-10-34)35-11-7-4-8-12-35/h3-12,17,20,27,31-32,36-38,40,45H,13-16,18-19,21-26,28-29,52H2,1-2H3,(H2,53,61)(H,54,65)(H,56,64)(H,55,62,66)/t31-,32+,36-,37+,38+,40+/m1/s1. The quantitative estimate of drug-likeness (QED) is 0.117. The minimum absolute atomic E-state index is 0.0287. The van der Waals surface area contributed by atoms with Crippen molar-refractivity contribution in [2.24, 2.45) is 30.4 Å². The van der Waals surface area contributed by atoms with Crippen molar-refractivity contribution >= 4 is 58.1 Å². The minimum Gasteiger partial charge on any atom is -0.370 e. The molecule has 0 radical (unpaired) electrons. The summed E-state index contributed by atoms with van der Waals surface area (Å²) in [6, 6.07) is 20.8. The highest BCUT2D eigenvalue weighted by Gasteiger charge is 2.45. The molecular formula is C51H61N9O8. The number of carbonyl (C=O) groups excluding carboxylic acids is 7. The maximum atomic E-state index is 14.1. The third-order valence-corrected chi connectivity index (χ3v) is 14.3. The normalized spacial score (nSPS) is 22.6. The number of carbonyl (C=O) groups is 7. The van der Waals surface area contributed by atoms with E-state index in [1.54, 1.807) is 23.8 Å². The van der Waals surface area contributed by atoms with Crippen LogP contribution in [0.5, 0.6) is 0 Å². The summed E-state index contributed by atoms with van der Waals surface area (Å²) in [6.45, 7) is 2.11. The molecule has 4 aromatic rings. The van der Waals surface area contributed by atoms with Gasteiger partial charge in [-0.2, -0.15) is 0 Å². The van der Waals surface area contributed by atoms with Gasteiger partial charge in [-0.25, -0.2) is 4.79 Å². The topological polar surface area (TPSA) is 241 Å². The van der Waals surface area contributed by atoms with Crippen molar-refractivity contribution in [3.05, 3.63) is 112 Å². The lowest BCUT2D eigenvalue weighted by atomic mass is 9.78. The van der Waals surface area contributed by atoms with Crippen molar-refractivity contribution in [2.75, 3.05) is 13.1 Å². The molecule has 68 heavy (non-hydrogen) atoms. The summed E-state index contributed by atoms with van der Waals surface area (Å²) >= 11 is 0. The zero-order valence-corrected chi connectivity index (χ0v) is 38.7. The molecule has 17 nitrogen and oxygen atoms in total. The smallest absolute Gasteiger partial charge is 0.333 e. The van der Waals surface area contributed by atoms with E-state index in [1.165, 1.54) is 9.13 Å². The summed E-state index contributed by atoms with van der Waals surface area (Å²) < 4.78 is 2.91. The van der Waals surface area contributed by atoms with Crippen LogP contribution in [0.3, 0.4) is 0 Å². The number of nitrogens with one attached hydrogen (secondary N) is 3. The van der Waals surface area contributed by atoms with E-state index >= 15 is 0 Å². The predicted octanol–water partition coefficient (Wildman–Crippen LogP) is 2.93. The number of primary amides is 1. The highest BCUT2D eigenvalue weighted by molar-refractivity contribution is 6.23. The average molecular weight is 928 g/mol. The lowest BCUT2D eigenvalue weighted by Crippen LogP contribution is -2.60. The van der Waals surface area contributed by atoms with E-state index in [1.807, 2.05) is 78.9 Å². The number of imidazole rings is 1. The molecule has 3 aliphatic heterocycles. The summed E-state index contributed by atoms with van der Waals surface area (Å²) in [5.41, 5.74) is 16.4. The third kappa shape index (κ3) is 10.3. The second kappa shape index (κ2) is 20.6. The molecule has 7 amide bonds. The molecule has 0 spiro atoms. The van der Waals surface area contributed by atoms with E-state index in [0.717, 1.165) is 48.8 Å². The van der Waals surface area contributed by atoms with Crippen LogP contribution < -0.4 is 33.1 Å². The summed E-state index contributed by atoms with van der Waals surface area (Å²) in [5, 5.41) is 8.24. The number of benzene rings is 3. The monoisotopic (exact) mass is 927 g/mol. The first kappa shape index (κ1) is 47.6. The number of imide groups is 1. The molecule has 3 aromatic carbocycles. The van der Waals surface area contributed by atoms with Gasteiger partial charge in [0.15, 0.2) is 0 Å². The zero-order valence-electron chi connectivity index (χ0n) is 38.7. The molecule has 7 N–H and O–H groups in total. The van der Waals surface area contributed by atoms with Gasteiger partial charge in [0.25, 0.3) is 5.91 Å². The van der Waals surface area contributed by atoms with E-state index in [4.69, 9.17) is 11.5 Å². The highest BCUT2D eigenvalue weighted by Crippen LogP contribution is 2.35. The fourth-order valence-electron chi connectivity index (χ4n) is 10.7. The number of hydrogen-bond donors (Lipinski definition) is 5. The van der Waals surface area contributed by atoms with E-state index < -0.39 is 59.6 Å². The van der Waals surface area contributed by atoms with Gasteiger partial charge in [-0.1, -0.05) is 66.7 Å². The van der Waals surface area contributed by atoms with Crippen LogP contribution in [0.1, 0.15) is 100 Å². The molecule has 8 rings (SSSR count). The van der Waals surface area contributed by atoms with E-state index in [2.05, 4.69) is 16.0 Å². The number of amides is 7. The van der Waals surface area contributed by atoms with Crippen LogP contribution in [0.4, 0.5) is 0 Å². The van der Waals surface area contributed by atoms with Gasteiger partial charge in [-0.05, 0) is 111 Å². The first-order chi connectivity index (χ1) is 32.7. The number of nitrogens with zero attached hydrogens (tertiary/aromatic N) is 4. The number of aromatic nitrogens is 2. The van der Waals surface area contributed by atoms with Crippen LogP contribution >= 0.6 is 0 Å². The minimum atomic E-state index is -1.11. The Kier molecular flexibility index (Phi) is 14.4. The summed E-state index contributed by atoms with van der Waals surface area (Å²) in [7, 11) is 1.67. The number of rotatable bonds is 14. The highest BCUT2D eigenvalue weighted by atomic mass is 16.2. The molecule has 2 saturated heterocycles. The summed E-state index contributed by atoms with van der Waals surface area (Å²) in [5.74, 6) is -2.49. The second-order valence-corrected chi connectivity index (χ2v) is 19.0. The molecule has 1 saturated carbocycles. The van der Waals surface area contributed by atoms with Crippen LogP contribution in [0.15, 0.2) is 89.2 Å². The largest absolute Gasteiger partial charge is 0.370 e. The average Bonchev–Trinajstić information content (AvgIpc) is 3.85. The van der Waals surface area contributed by atoms with Gasteiger partial charge in [-0.3, -0.25) is 48.0 Å². The molecule has 3 fully saturated rings. The maximum absolute atomic E-state index is 14.1. The van der Waals surface area contributed by atoms with Crippen molar-refractivity contribution in [3.63, 3.8) is 0 Å². The van der Waals surface area contributed by atoms with Crippen molar-refractivity contribution in [2.45, 2.75) is 114 Å². The second-order valence-electron chi connectivity index (χ2n) is 19.0. The van der Waals surface area contributed by atoms with E-state index in [0.29, 0.717) is 54.8 Å². The van der Waals surface area contributed by atoms with Crippen molar-refractivity contribution in [1.82, 2.24) is 34.9 Å². The molecule has 0 unspecified atom stereocenters. The van der Waals surface area contributed by atoms with Gasteiger partial charge < -0.3 is 31.9 Å². The van der Waals surface area contributed by atoms with Gasteiger partial charge in [0, 0.05) is 39.0 Å². The Balaban J connectivity index is 0.854. The lowest BCUT2D eigenvalue weighted by molar-refractivity contribution is -0.145. The molecule has 358 valence electrons. The molecule has 4 aliphatic rings. The van der Waals surface area contributed by atoms with Crippen molar-refractivity contribution in [1.29, 1.82) is 0 Å². The lowest BCUT2D eigenvalue weighted by Gasteiger charge is -2.38. The first-order valence-corrected chi connectivity index (χ1v) is 23.8. The van der Waals surface area contributed by atoms with Crippen LogP contribution in [-0.2, 0) is 47.0 Å². The number of fused-ring (bicyclic) bond motifs is 2. The first-order valence-electron chi connectivity index (χ1n) is 23.8. The summed E-state index contributed by atoms with van der Waals surface area (Å²) in [4.78, 5) is 109. The van der Waals surface area contributed by atoms with Crippen LogP contribution in [-0.4, -0.2) is 97.5 Å². The van der Waals surface area contributed by atoms with Crippen LogP contribution in [0, 0.1) is 11.8 Å². The Bertz CT molecular complexity index is 2650. The number of aryl methyl sites for hydroxylation is 1. The predicted molar refractivity (Wildman–Crippen MR) is 254 cm³/mol. The Hall–Kier alpha value is -6.88. The molecule has 1 aromatic heterocycles. The SMILES string of the molecule is CC1=C(n2c(=O)n(C)c3cc(C[C@H]4CC[C@@H](CC(=O)N5CC[C@H]6CC[C@@H](C(=O)N[C@@H](CCC(N)=O)C(=O)NC(c7ccccc7)c7ccccc7)N6C(=O)[C@@H](N)C5)CC4)ccc32)C(=O)NC(=O)C1. The van der Waals surface area contributed by atoms with Crippen LogP contribution in [0.2, 0.25) is 0 Å². The number of hydrogen-bond acceptors (Lipinski definition) is 9. The van der Waals surface area contributed by atoms with Crippen molar-refractivity contribution in [3.8, 4) is 0 Å². The molecule has 17 heteroatoms. The van der Waals surface area contributed by atoms with E-state index in [9.17, 15) is 38.4 Å². The zero-order chi connectivity index (χ0) is 48.2. The Morgan fingerprint density at radius 1 is 0.809 bits per heavy atom. The van der Waals surface area contributed by atoms with Gasteiger partial charge in [0.1, 0.15) is 23.8 Å². The number of nitrogens with two attached hydrogens (primary N) is 2. The molecule has 1 aliphatic carbocycles. The Labute approximate surface area is 394 Å². The molecular weight excluding hydrogens is 867 g/mol. The van der Waals surface area contributed by atoms with Crippen molar-refractivity contribution < 1.29 is 33.6 Å². The summed E-state index contributed by atoms with van der Waals surface area (Å²) in [6.07, 6.45) is 5.99. The van der Waals surface area contributed by atoms with Crippen LogP contribution in [0.25, 0.3) is 16.7 Å². The molecule has 0 bridgehead atoms. The molecule has 4 atom stereocenters. The maximum Gasteiger partial charge on any atom is 0.333 e. The van der Waals surface area contributed by atoms with Gasteiger partial charge in [0.2, 0.25) is 35.4 Å². The molecule has 4 heterocycles. The Morgan fingerprint density at radius 3 is 2.12 bits per heavy atom. The van der Waals surface area contributed by atoms with Gasteiger partial charge >= 0.3 is 5.69 Å².